The molecule has 0 bridgehead atoms. The van der Waals surface area contributed by atoms with Crippen molar-refractivity contribution in [3.05, 3.63) is 34.9 Å². The molecule has 0 radical (unpaired) electrons. The van der Waals surface area contributed by atoms with Crippen LogP contribution in [-0.4, -0.2) is 5.78 Å². The highest BCUT2D eigenvalue weighted by Crippen LogP contribution is 2.34. The van der Waals surface area contributed by atoms with Gasteiger partial charge in [0.2, 0.25) is 0 Å². The van der Waals surface area contributed by atoms with Crippen LogP contribution in [0.15, 0.2) is 18.2 Å². The van der Waals surface area contributed by atoms with Crippen LogP contribution in [0.25, 0.3) is 0 Å². The summed E-state index contributed by atoms with van der Waals surface area (Å²) >= 11 is 0. The standard InChI is InChI=1S/C12H13FO/c1-8(14)9-4-2-6-11-10(9)5-3-7-12(11)13/h2,4,6,12H,3,5,7H2,1H3. The number of benzene rings is 1. The van der Waals surface area contributed by atoms with Gasteiger partial charge in [-0.3, -0.25) is 4.79 Å². The van der Waals surface area contributed by atoms with Crippen LogP contribution >= 0.6 is 0 Å². The minimum Gasteiger partial charge on any atom is -0.295 e. The van der Waals surface area contributed by atoms with Gasteiger partial charge in [-0.1, -0.05) is 18.2 Å². The first-order chi connectivity index (χ1) is 6.70. The topological polar surface area (TPSA) is 17.1 Å². The fourth-order valence-electron chi connectivity index (χ4n) is 2.12. The summed E-state index contributed by atoms with van der Waals surface area (Å²) in [6, 6.07) is 5.36. The molecule has 74 valence electrons. The Morgan fingerprint density at radius 3 is 3.00 bits per heavy atom. The van der Waals surface area contributed by atoms with Crippen molar-refractivity contribution in [2.24, 2.45) is 0 Å². The second kappa shape index (κ2) is 3.52. The molecule has 0 fully saturated rings. The van der Waals surface area contributed by atoms with Crippen molar-refractivity contribution in [1.29, 1.82) is 0 Å². The van der Waals surface area contributed by atoms with E-state index in [4.69, 9.17) is 0 Å². The molecule has 1 atom stereocenters. The maximum absolute atomic E-state index is 13.5. The van der Waals surface area contributed by atoms with Crippen LogP contribution in [-0.2, 0) is 6.42 Å². The predicted molar refractivity (Wildman–Crippen MR) is 53.2 cm³/mol. The fourth-order valence-corrected chi connectivity index (χ4v) is 2.12. The summed E-state index contributed by atoms with van der Waals surface area (Å²) in [6.07, 6.45) is 1.40. The van der Waals surface area contributed by atoms with Gasteiger partial charge in [0.1, 0.15) is 6.17 Å². The Labute approximate surface area is 82.9 Å². The summed E-state index contributed by atoms with van der Waals surface area (Å²) in [7, 11) is 0. The summed E-state index contributed by atoms with van der Waals surface area (Å²) in [5.74, 6) is 0.0379. The average molecular weight is 192 g/mol. The van der Waals surface area contributed by atoms with Gasteiger partial charge in [-0.2, -0.15) is 0 Å². The third-order valence-corrected chi connectivity index (χ3v) is 2.81. The van der Waals surface area contributed by atoms with E-state index in [-0.39, 0.29) is 5.78 Å². The largest absolute Gasteiger partial charge is 0.295 e. The zero-order chi connectivity index (χ0) is 10.1. The lowest BCUT2D eigenvalue weighted by atomic mass is 9.86. The van der Waals surface area contributed by atoms with E-state index in [0.29, 0.717) is 12.0 Å². The predicted octanol–water partition coefficient (Wildman–Crippen LogP) is 3.24. The number of rotatable bonds is 1. The molecule has 1 unspecified atom stereocenters. The normalized spacial score (nSPS) is 20.3. The molecule has 1 nitrogen and oxygen atoms in total. The first-order valence-electron chi connectivity index (χ1n) is 4.97. The number of hydrogen-bond donors (Lipinski definition) is 0. The SMILES string of the molecule is CC(=O)c1cccc2c1CCCC2F. The fraction of sp³-hybridized carbons (Fsp3) is 0.417. The number of carbonyl (C=O) groups is 1. The lowest BCUT2D eigenvalue weighted by molar-refractivity contribution is 0.101. The molecule has 2 heteroatoms. The van der Waals surface area contributed by atoms with E-state index in [1.54, 1.807) is 18.2 Å². The van der Waals surface area contributed by atoms with Crippen molar-refractivity contribution < 1.29 is 9.18 Å². The Morgan fingerprint density at radius 1 is 1.50 bits per heavy atom. The molecular formula is C12H13FO. The van der Waals surface area contributed by atoms with Crippen LogP contribution in [0.4, 0.5) is 4.39 Å². The second-order valence-electron chi connectivity index (χ2n) is 3.79. The van der Waals surface area contributed by atoms with E-state index in [1.165, 1.54) is 6.92 Å². The summed E-state index contributed by atoms with van der Waals surface area (Å²) in [4.78, 5) is 11.3. The lowest BCUT2D eigenvalue weighted by Crippen LogP contribution is -2.10. The van der Waals surface area contributed by atoms with E-state index < -0.39 is 6.17 Å². The van der Waals surface area contributed by atoms with E-state index >= 15 is 0 Å². The van der Waals surface area contributed by atoms with Gasteiger partial charge < -0.3 is 0 Å². The molecule has 1 aromatic carbocycles. The average Bonchev–Trinajstić information content (AvgIpc) is 2.17. The van der Waals surface area contributed by atoms with Crippen molar-refractivity contribution in [1.82, 2.24) is 0 Å². The maximum atomic E-state index is 13.5. The number of ketones is 1. The highest BCUT2D eigenvalue weighted by molar-refractivity contribution is 5.96. The van der Waals surface area contributed by atoms with E-state index in [0.717, 1.165) is 24.0 Å². The monoisotopic (exact) mass is 192 g/mol. The van der Waals surface area contributed by atoms with Gasteiger partial charge in [-0.05, 0) is 37.3 Å². The Balaban J connectivity index is 2.55. The van der Waals surface area contributed by atoms with E-state index in [2.05, 4.69) is 0 Å². The number of fused-ring (bicyclic) bond motifs is 1. The van der Waals surface area contributed by atoms with Crippen molar-refractivity contribution >= 4 is 5.78 Å². The molecular weight excluding hydrogens is 179 g/mol. The Bertz CT molecular complexity index is 371. The van der Waals surface area contributed by atoms with E-state index in [1.807, 2.05) is 0 Å². The zero-order valence-corrected chi connectivity index (χ0v) is 8.22. The molecule has 1 aromatic rings. The third-order valence-electron chi connectivity index (χ3n) is 2.81. The molecule has 0 aliphatic heterocycles. The lowest BCUT2D eigenvalue weighted by Gasteiger charge is -2.21. The quantitative estimate of drug-likeness (QED) is 0.624. The number of Topliss-reactive ketones (excluding diaryl/α,β-unsaturated/α-hetero) is 1. The van der Waals surface area contributed by atoms with Gasteiger partial charge in [-0.25, -0.2) is 4.39 Å². The first kappa shape index (κ1) is 9.38. The van der Waals surface area contributed by atoms with Gasteiger partial charge >= 0.3 is 0 Å². The maximum Gasteiger partial charge on any atom is 0.160 e. The van der Waals surface area contributed by atoms with Crippen LogP contribution in [0, 0.1) is 0 Å². The van der Waals surface area contributed by atoms with Crippen molar-refractivity contribution in [3.8, 4) is 0 Å². The third kappa shape index (κ3) is 1.45. The summed E-state index contributed by atoms with van der Waals surface area (Å²) in [5, 5.41) is 0. The van der Waals surface area contributed by atoms with Crippen molar-refractivity contribution in [2.75, 3.05) is 0 Å². The Hall–Kier alpha value is -1.18. The summed E-state index contributed by atoms with van der Waals surface area (Å²) < 4.78 is 13.5. The molecule has 0 saturated heterocycles. The van der Waals surface area contributed by atoms with Crippen LogP contribution in [0.3, 0.4) is 0 Å². The van der Waals surface area contributed by atoms with Crippen molar-refractivity contribution in [2.45, 2.75) is 32.4 Å². The minimum absolute atomic E-state index is 0.0379. The first-order valence-corrected chi connectivity index (χ1v) is 4.97. The Morgan fingerprint density at radius 2 is 2.29 bits per heavy atom. The number of alkyl halides is 1. The van der Waals surface area contributed by atoms with Crippen LogP contribution < -0.4 is 0 Å². The van der Waals surface area contributed by atoms with Crippen LogP contribution in [0.5, 0.6) is 0 Å². The van der Waals surface area contributed by atoms with Gasteiger partial charge in [0.05, 0.1) is 0 Å². The molecule has 0 saturated carbocycles. The van der Waals surface area contributed by atoms with Crippen molar-refractivity contribution in [3.63, 3.8) is 0 Å². The summed E-state index contributed by atoms with van der Waals surface area (Å²) in [6.45, 7) is 1.54. The molecule has 1 aliphatic carbocycles. The number of halogens is 1. The smallest absolute Gasteiger partial charge is 0.160 e. The van der Waals surface area contributed by atoms with Gasteiger partial charge in [0.25, 0.3) is 0 Å². The second-order valence-corrected chi connectivity index (χ2v) is 3.79. The van der Waals surface area contributed by atoms with Gasteiger partial charge in [0.15, 0.2) is 5.78 Å². The molecule has 0 spiro atoms. The van der Waals surface area contributed by atoms with Gasteiger partial charge in [0, 0.05) is 5.56 Å². The molecule has 14 heavy (non-hydrogen) atoms. The highest BCUT2D eigenvalue weighted by atomic mass is 19.1. The van der Waals surface area contributed by atoms with Gasteiger partial charge in [-0.15, -0.1) is 0 Å². The van der Waals surface area contributed by atoms with Crippen LogP contribution in [0.1, 0.15) is 47.4 Å². The molecule has 0 amide bonds. The van der Waals surface area contributed by atoms with E-state index in [9.17, 15) is 9.18 Å². The molecule has 2 rings (SSSR count). The molecule has 0 heterocycles. The molecule has 0 N–H and O–H groups in total. The number of hydrogen-bond acceptors (Lipinski definition) is 1. The minimum atomic E-state index is -0.877. The zero-order valence-electron chi connectivity index (χ0n) is 8.22. The molecule has 0 aromatic heterocycles. The molecule has 1 aliphatic rings. The Kier molecular flexibility index (Phi) is 2.36. The summed E-state index contributed by atoms with van der Waals surface area (Å²) in [5.41, 5.74) is 2.35. The highest BCUT2D eigenvalue weighted by Gasteiger charge is 2.22. The number of carbonyl (C=O) groups excluding carboxylic acids is 1. The van der Waals surface area contributed by atoms with Crippen LogP contribution in [0.2, 0.25) is 0 Å².